The molecule has 186 valence electrons. The molecule has 0 saturated carbocycles. The van der Waals surface area contributed by atoms with Gasteiger partial charge < -0.3 is 4.90 Å². The highest BCUT2D eigenvalue weighted by Crippen LogP contribution is 2.19. The van der Waals surface area contributed by atoms with Crippen LogP contribution in [0.15, 0.2) is 72.8 Å². The molecule has 0 N–H and O–H groups in total. The minimum atomic E-state index is -0.523. The summed E-state index contributed by atoms with van der Waals surface area (Å²) in [4.78, 5) is 27.4. The Hall–Kier alpha value is -1.79. The van der Waals surface area contributed by atoms with E-state index in [0.29, 0.717) is 21.2 Å². The van der Waals surface area contributed by atoms with E-state index in [4.69, 9.17) is 46.4 Å². The summed E-state index contributed by atoms with van der Waals surface area (Å²) in [5.41, 5.74) is 2.23. The topological polar surface area (TPSA) is 40.6 Å². The second kappa shape index (κ2) is 14.7. The van der Waals surface area contributed by atoms with Gasteiger partial charge in [0.05, 0.1) is 21.2 Å². The Morgan fingerprint density at radius 2 is 1.23 bits per heavy atom. The Bertz CT molecular complexity index is 1120. The van der Waals surface area contributed by atoms with Gasteiger partial charge in [-0.3, -0.25) is 14.5 Å². The molecular weight excluding hydrogens is 550 g/mol. The van der Waals surface area contributed by atoms with E-state index in [-0.39, 0.29) is 18.3 Å². The quantitative estimate of drug-likeness (QED) is 0.304. The van der Waals surface area contributed by atoms with Gasteiger partial charge in [0.25, 0.3) is 11.1 Å². The molecule has 4 nitrogen and oxygen atoms in total. The highest BCUT2D eigenvalue weighted by atomic mass is 35.5. The van der Waals surface area contributed by atoms with E-state index in [0.717, 1.165) is 44.2 Å². The van der Waals surface area contributed by atoms with Gasteiger partial charge in [-0.15, -0.1) is 12.4 Å². The number of piperazine rings is 1. The third-order valence-electron chi connectivity index (χ3n) is 5.48. The van der Waals surface area contributed by atoms with E-state index in [1.54, 1.807) is 36.4 Å². The van der Waals surface area contributed by atoms with Crippen molar-refractivity contribution in [3.63, 3.8) is 0 Å². The first-order valence-electron chi connectivity index (χ1n) is 10.8. The molecule has 3 aromatic rings. The van der Waals surface area contributed by atoms with E-state index in [9.17, 15) is 9.59 Å². The lowest BCUT2D eigenvalue weighted by atomic mass is 10.1. The summed E-state index contributed by atoms with van der Waals surface area (Å²) < 4.78 is 0. The monoisotopic (exact) mass is 572 g/mol. The van der Waals surface area contributed by atoms with Crippen molar-refractivity contribution in [2.24, 2.45) is 0 Å². The first-order valence-corrected chi connectivity index (χ1v) is 12.3. The molecular formula is C26H25Cl5N2O2. The Morgan fingerprint density at radius 1 is 0.714 bits per heavy atom. The van der Waals surface area contributed by atoms with Gasteiger partial charge in [-0.2, -0.15) is 0 Å². The number of nitrogens with zero attached hydrogens (tertiary/aromatic N) is 2. The molecule has 1 amide bonds. The largest absolute Gasteiger partial charge is 0.336 e. The molecule has 0 aliphatic carbocycles. The first kappa shape index (κ1) is 29.4. The maximum Gasteiger partial charge on any atom is 0.255 e. The smallest absolute Gasteiger partial charge is 0.255 e. The summed E-state index contributed by atoms with van der Waals surface area (Å²) in [5, 5.41) is 1.16. The summed E-state index contributed by atoms with van der Waals surface area (Å²) in [5.74, 6) is 0.0259. The number of amides is 1. The van der Waals surface area contributed by atoms with Gasteiger partial charge in [0.15, 0.2) is 0 Å². The summed E-state index contributed by atoms with van der Waals surface area (Å²) >= 11 is 22.8. The van der Waals surface area contributed by atoms with Crippen molar-refractivity contribution in [3.8, 4) is 0 Å². The lowest BCUT2D eigenvalue weighted by molar-refractivity contribution is 0.0638. The summed E-state index contributed by atoms with van der Waals surface area (Å²) in [7, 11) is 0. The fourth-order valence-corrected chi connectivity index (χ4v) is 4.32. The zero-order valence-electron chi connectivity index (χ0n) is 18.8. The van der Waals surface area contributed by atoms with Crippen LogP contribution in [0.3, 0.4) is 0 Å². The van der Waals surface area contributed by atoms with Crippen LogP contribution in [-0.4, -0.2) is 53.7 Å². The van der Waals surface area contributed by atoms with Crippen molar-refractivity contribution in [1.82, 2.24) is 9.80 Å². The Kier molecular flexibility index (Phi) is 12.4. The average molecular weight is 575 g/mol. The van der Waals surface area contributed by atoms with E-state index in [2.05, 4.69) is 17.0 Å². The lowest BCUT2D eigenvalue weighted by Gasteiger charge is -2.35. The van der Waals surface area contributed by atoms with Gasteiger partial charge in [0, 0.05) is 37.7 Å². The van der Waals surface area contributed by atoms with E-state index in [1.807, 2.05) is 29.2 Å². The van der Waals surface area contributed by atoms with Crippen molar-refractivity contribution in [3.05, 3.63) is 105 Å². The fourth-order valence-electron chi connectivity index (χ4n) is 3.54. The van der Waals surface area contributed by atoms with Crippen molar-refractivity contribution in [2.45, 2.75) is 6.42 Å². The fraction of sp³-hybridized carbons (Fsp3) is 0.231. The van der Waals surface area contributed by atoms with Gasteiger partial charge >= 0.3 is 0 Å². The van der Waals surface area contributed by atoms with Crippen molar-refractivity contribution in [1.29, 1.82) is 0 Å². The number of rotatable bonds is 5. The third-order valence-corrected chi connectivity index (χ3v) is 6.59. The second-order valence-corrected chi connectivity index (χ2v) is 9.34. The predicted octanol–water partition coefficient (Wildman–Crippen LogP) is 7.13. The summed E-state index contributed by atoms with van der Waals surface area (Å²) in [6, 6.07) is 21.9. The molecule has 9 heteroatoms. The van der Waals surface area contributed by atoms with Crippen molar-refractivity contribution < 1.29 is 9.59 Å². The summed E-state index contributed by atoms with van der Waals surface area (Å²) in [6.07, 6.45) is 0.996. The average Bonchev–Trinajstić information content (AvgIpc) is 2.84. The molecule has 0 unspecified atom stereocenters. The van der Waals surface area contributed by atoms with Gasteiger partial charge in [0.1, 0.15) is 0 Å². The lowest BCUT2D eigenvalue weighted by Crippen LogP contribution is -2.49. The van der Waals surface area contributed by atoms with Crippen LogP contribution >= 0.6 is 58.8 Å². The number of benzene rings is 3. The van der Waals surface area contributed by atoms with E-state index < -0.39 is 5.24 Å². The number of hydrogen-bond acceptors (Lipinski definition) is 3. The maximum atomic E-state index is 12.5. The number of carbonyl (C=O) groups is 2. The Labute approximate surface area is 232 Å². The number of hydrogen-bond donors (Lipinski definition) is 0. The van der Waals surface area contributed by atoms with Crippen molar-refractivity contribution in [2.75, 3.05) is 32.7 Å². The van der Waals surface area contributed by atoms with Crippen LogP contribution in [0, 0.1) is 0 Å². The van der Waals surface area contributed by atoms with Gasteiger partial charge in [-0.1, -0.05) is 71.2 Å². The Morgan fingerprint density at radius 3 is 1.71 bits per heavy atom. The van der Waals surface area contributed by atoms with Crippen LogP contribution < -0.4 is 0 Å². The van der Waals surface area contributed by atoms with Gasteiger partial charge in [-0.25, -0.2) is 0 Å². The zero-order valence-corrected chi connectivity index (χ0v) is 22.6. The molecule has 0 radical (unpaired) electrons. The third kappa shape index (κ3) is 8.98. The summed E-state index contributed by atoms with van der Waals surface area (Å²) in [6.45, 7) is 4.26. The minimum absolute atomic E-state index is 0. The molecule has 4 rings (SSSR count). The normalized spacial score (nSPS) is 13.3. The highest BCUT2D eigenvalue weighted by Gasteiger charge is 2.23. The Balaban J connectivity index is 0.000000332. The molecule has 1 heterocycles. The van der Waals surface area contributed by atoms with Gasteiger partial charge in [0.2, 0.25) is 0 Å². The SMILES string of the molecule is Cl.O=C(Cl)c1ccccc1Cl.O=C(c1ccccc1Cl)N1CCN(CCc2ccc(Cl)cc2)CC1. The van der Waals surface area contributed by atoms with Crippen LogP contribution in [0.4, 0.5) is 0 Å². The number of carbonyl (C=O) groups excluding carboxylic acids is 2. The molecule has 1 fully saturated rings. The molecule has 1 aliphatic heterocycles. The van der Waals surface area contributed by atoms with Crippen LogP contribution in [0.1, 0.15) is 26.3 Å². The van der Waals surface area contributed by atoms with Crippen LogP contribution in [0.25, 0.3) is 0 Å². The molecule has 0 atom stereocenters. The van der Waals surface area contributed by atoms with E-state index in [1.165, 1.54) is 5.56 Å². The molecule has 0 spiro atoms. The molecule has 1 saturated heterocycles. The first-order chi connectivity index (χ1) is 16.3. The molecule has 0 bridgehead atoms. The molecule has 1 aliphatic rings. The standard InChI is InChI=1S/C19H20Cl2N2O.C7H4Cl2O.ClH/c20-16-7-5-15(6-8-16)9-10-22-11-13-23(14-12-22)19(24)17-3-1-2-4-18(17)21;8-6-4-2-1-3-5(6)7(9)10;/h1-8H,9-14H2;1-4H;1H. The predicted molar refractivity (Wildman–Crippen MR) is 148 cm³/mol. The molecule has 0 aromatic heterocycles. The number of halogens is 5. The van der Waals surface area contributed by atoms with Crippen LogP contribution in [0.2, 0.25) is 15.1 Å². The zero-order chi connectivity index (χ0) is 24.5. The second-order valence-electron chi connectivity index (χ2n) is 7.74. The molecule has 3 aromatic carbocycles. The van der Waals surface area contributed by atoms with Crippen LogP contribution in [-0.2, 0) is 6.42 Å². The van der Waals surface area contributed by atoms with Crippen LogP contribution in [0.5, 0.6) is 0 Å². The minimum Gasteiger partial charge on any atom is -0.336 e. The molecule has 35 heavy (non-hydrogen) atoms. The van der Waals surface area contributed by atoms with E-state index >= 15 is 0 Å². The highest BCUT2D eigenvalue weighted by molar-refractivity contribution is 6.68. The van der Waals surface area contributed by atoms with Crippen molar-refractivity contribution >= 4 is 70.0 Å². The maximum absolute atomic E-state index is 12.5. The van der Waals surface area contributed by atoms with Gasteiger partial charge in [-0.05, 0) is 60.0 Å².